The predicted octanol–water partition coefficient (Wildman–Crippen LogP) is 3.27. The number of hydrogen-bond acceptors (Lipinski definition) is 2. The minimum absolute atomic E-state index is 0.182. The van der Waals surface area contributed by atoms with Crippen molar-refractivity contribution in [2.45, 2.75) is 46.6 Å². The summed E-state index contributed by atoms with van der Waals surface area (Å²) in [4.78, 5) is 0. The molecule has 2 atom stereocenters. The van der Waals surface area contributed by atoms with Crippen molar-refractivity contribution in [1.82, 2.24) is 5.43 Å². The van der Waals surface area contributed by atoms with Gasteiger partial charge in [0.25, 0.3) is 0 Å². The van der Waals surface area contributed by atoms with Crippen LogP contribution in [0.4, 0.5) is 4.39 Å². The van der Waals surface area contributed by atoms with Crippen molar-refractivity contribution in [3.63, 3.8) is 0 Å². The number of hydrazine groups is 1. The van der Waals surface area contributed by atoms with Crippen LogP contribution in [-0.2, 0) is 6.42 Å². The van der Waals surface area contributed by atoms with Gasteiger partial charge >= 0.3 is 0 Å². The Morgan fingerprint density at radius 1 is 1.33 bits per heavy atom. The second-order valence-corrected chi connectivity index (χ2v) is 6.20. The van der Waals surface area contributed by atoms with Crippen LogP contribution in [0.2, 0.25) is 0 Å². The highest BCUT2D eigenvalue weighted by atomic mass is 19.1. The number of rotatable bonds is 5. The molecule has 0 bridgehead atoms. The van der Waals surface area contributed by atoms with Gasteiger partial charge in [-0.3, -0.25) is 11.3 Å². The lowest BCUT2D eigenvalue weighted by molar-refractivity contribution is 0.222. The van der Waals surface area contributed by atoms with Crippen LogP contribution in [-0.4, -0.2) is 6.04 Å². The summed E-state index contributed by atoms with van der Waals surface area (Å²) in [6.07, 6.45) is 1.74. The van der Waals surface area contributed by atoms with Gasteiger partial charge in [-0.25, -0.2) is 4.39 Å². The molecule has 0 saturated carbocycles. The first-order valence-corrected chi connectivity index (χ1v) is 6.53. The van der Waals surface area contributed by atoms with E-state index in [2.05, 4.69) is 33.1 Å². The molecule has 1 aromatic carbocycles. The summed E-state index contributed by atoms with van der Waals surface area (Å²) in [5.74, 6) is 5.97. The van der Waals surface area contributed by atoms with Gasteiger partial charge in [-0.2, -0.15) is 0 Å². The normalized spacial score (nSPS) is 15.4. The van der Waals surface area contributed by atoms with E-state index in [4.69, 9.17) is 5.84 Å². The highest BCUT2D eigenvalue weighted by Crippen LogP contribution is 2.29. The van der Waals surface area contributed by atoms with Crippen molar-refractivity contribution in [2.24, 2.45) is 17.2 Å². The second kappa shape index (κ2) is 6.30. The van der Waals surface area contributed by atoms with E-state index in [9.17, 15) is 4.39 Å². The summed E-state index contributed by atoms with van der Waals surface area (Å²) in [6, 6.07) is 6.90. The van der Waals surface area contributed by atoms with Crippen LogP contribution in [0.5, 0.6) is 0 Å². The molecule has 0 aliphatic heterocycles. The topological polar surface area (TPSA) is 38.0 Å². The third-order valence-corrected chi connectivity index (χ3v) is 3.72. The minimum atomic E-state index is -0.188. The SMILES string of the molecule is CC(CC(Cc1cccc(F)c1)NN)C(C)(C)C. The fraction of sp³-hybridized carbons (Fsp3) is 0.600. The molecular formula is C15H25FN2. The van der Waals surface area contributed by atoms with E-state index in [-0.39, 0.29) is 17.3 Å². The highest BCUT2D eigenvalue weighted by Gasteiger charge is 2.23. The Morgan fingerprint density at radius 3 is 2.50 bits per heavy atom. The van der Waals surface area contributed by atoms with Gasteiger partial charge in [0, 0.05) is 6.04 Å². The van der Waals surface area contributed by atoms with Gasteiger partial charge in [0.1, 0.15) is 5.82 Å². The average Bonchev–Trinajstić information content (AvgIpc) is 2.26. The number of nitrogens with one attached hydrogen (secondary N) is 1. The molecule has 0 radical (unpaired) electrons. The molecule has 0 spiro atoms. The van der Waals surface area contributed by atoms with Crippen LogP contribution in [0.15, 0.2) is 24.3 Å². The van der Waals surface area contributed by atoms with E-state index in [1.165, 1.54) is 6.07 Å². The van der Waals surface area contributed by atoms with Crippen molar-refractivity contribution in [3.05, 3.63) is 35.6 Å². The molecule has 3 heteroatoms. The van der Waals surface area contributed by atoms with Gasteiger partial charge in [0.15, 0.2) is 0 Å². The molecule has 0 aliphatic carbocycles. The molecule has 0 amide bonds. The Hall–Kier alpha value is -0.930. The van der Waals surface area contributed by atoms with Crippen LogP contribution >= 0.6 is 0 Å². The monoisotopic (exact) mass is 252 g/mol. The van der Waals surface area contributed by atoms with Crippen molar-refractivity contribution < 1.29 is 4.39 Å². The van der Waals surface area contributed by atoms with Gasteiger partial charge in [0.2, 0.25) is 0 Å². The van der Waals surface area contributed by atoms with Crippen molar-refractivity contribution in [2.75, 3.05) is 0 Å². The Morgan fingerprint density at radius 2 is 2.00 bits per heavy atom. The number of halogens is 1. The summed E-state index contributed by atoms with van der Waals surface area (Å²) in [5, 5.41) is 0. The summed E-state index contributed by atoms with van der Waals surface area (Å²) in [7, 11) is 0. The van der Waals surface area contributed by atoms with Gasteiger partial charge in [0.05, 0.1) is 0 Å². The molecule has 3 N–H and O–H groups in total. The van der Waals surface area contributed by atoms with Crippen LogP contribution in [0.1, 0.15) is 39.7 Å². The quantitative estimate of drug-likeness (QED) is 0.623. The third-order valence-electron chi connectivity index (χ3n) is 3.72. The smallest absolute Gasteiger partial charge is 0.123 e. The first kappa shape index (κ1) is 15.1. The Balaban J connectivity index is 2.63. The van der Waals surface area contributed by atoms with E-state index in [0.717, 1.165) is 18.4 Å². The maximum absolute atomic E-state index is 13.1. The molecule has 2 nitrogen and oxygen atoms in total. The molecule has 1 aromatic rings. The van der Waals surface area contributed by atoms with Gasteiger partial charge in [-0.1, -0.05) is 39.8 Å². The summed E-state index contributed by atoms with van der Waals surface area (Å²) >= 11 is 0. The third kappa shape index (κ3) is 4.75. The Kier molecular flexibility index (Phi) is 5.29. The molecule has 0 aromatic heterocycles. The molecule has 0 aliphatic rings. The van der Waals surface area contributed by atoms with Gasteiger partial charge in [-0.05, 0) is 41.9 Å². The zero-order chi connectivity index (χ0) is 13.8. The van der Waals surface area contributed by atoms with E-state index in [1.54, 1.807) is 12.1 Å². The van der Waals surface area contributed by atoms with E-state index in [1.807, 2.05) is 6.07 Å². The lowest BCUT2D eigenvalue weighted by Gasteiger charge is -2.30. The van der Waals surface area contributed by atoms with Crippen LogP contribution < -0.4 is 11.3 Å². The zero-order valence-electron chi connectivity index (χ0n) is 11.8. The number of nitrogens with two attached hydrogens (primary N) is 1. The lowest BCUT2D eigenvalue weighted by Crippen LogP contribution is -2.39. The van der Waals surface area contributed by atoms with Crippen molar-refractivity contribution in [3.8, 4) is 0 Å². The molecule has 0 saturated heterocycles. The summed E-state index contributed by atoms with van der Waals surface area (Å²) < 4.78 is 13.1. The fourth-order valence-electron chi connectivity index (χ4n) is 1.94. The molecule has 1 rings (SSSR count). The molecule has 18 heavy (non-hydrogen) atoms. The van der Waals surface area contributed by atoms with E-state index in [0.29, 0.717) is 5.92 Å². The summed E-state index contributed by atoms with van der Waals surface area (Å²) in [5.41, 5.74) is 4.10. The van der Waals surface area contributed by atoms with E-state index < -0.39 is 0 Å². The number of benzene rings is 1. The van der Waals surface area contributed by atoms with Crippen molar-refractivity contribution in [1.29, 1.82) is 0 Å². The minimum Gasteiger partial charge on any atom is -0.271 e. The molecular weight excluding hydrogens is 227 g/mol. The molecule has 0 heterocycles. The first-order chi connectivity index (χ1) is 8.32. The lowest BCUT2D eigenvalue weighted by atomic mass is 9.78. The maximum Gasteiger partial charge on any atom is 0.123 e. The van der Waals surface area contributed by atoms with Gasteiger partial charge in [-0.15, -0.1) is 0 Å². The molecule has 0 fully saturated rings. The van der Waals surface area contributed by atoms with Crippen molar-refractivity contribution >= 4 is 0 Å². The van der Waals surface area contributed by atoms with Crippen LogP contribution in [0.3, 0.4) is 0 Å². The molecule has 102 valence electrons. The summed E-state index contributed by atoms with van der Waals surface area (Å²) in [6.45, 7) is 8.92. The van der Waals surface area contributed by atoms with E-state index >= 15 is 0 Å². The zero-order valence-corrected chi connectivity index (χ0v) is 11.8. The Bertz CT molecular complexity index is 371. The largest absolute Gasteiger partial charge is 0.271 e. The first-order valence-electron chi connectivity index (χ1n) is 6.53. The maximum atomic E-state index is 13.1. The van der Waals surface area contributed by atoms with Gasteiger partial charge < -0.3 is 0 Å². The molecule has 2 unspecified atom stereocenters. The average molecular weight is 252 g/mol. The number of hydrogen-bond donors (Lipinski definition) is 2. The van der Waals surface area contributed by atoms with Crippen LogP contribution in [0.25, 0.3) is 0 Å². The fourth-order valence-corrected chi connectivity index (χ4v) is 1.94. The predicted molar refractivity (Wildman–Crippen MR) is 74.5 cm³/mol. The van der Waals surface area contributed by atoms with Crippen LogP contribution in [0, 0.1) is 17.2 Å². The second-order valence-electron chi connectivity index (χ2n) is 6.20. The highest BCUT2D eigenvalue weighted by molar-refractivity contribution is 5.17. The standard InChI is InChI=1S/C15H25FN2/c1-11(15(2,3)4)8-14(18-17)10-12-6-5-7-13(16)9-12/h5-7,9,11,14,18H,8,10,17H2,1-4H3. The Labute approximate surface area is 110 Å².